The van der Waals surface area contributed by atoms with E-state index in [4.69, 9.17) is 19.8 Å². The van der Waals surface area contributed by atoms with Gasteiger partial charge < -0.3 is 9.47 Å². The summed E-state index contributed by atoms with van der Waals surface area (Å²) in [5.41, 5.74) is 5.21. The highest BCUT2D eigenvalue weighted by molar-refractivity contribution is 6.12. The van der Waals surface area contributed by atoms with E-state index < -0.39 is 0 Å². The van der Waals surface area contributed by atoms with Crippen molar-refractivity contribution in [3.05, 3.63) is 47.7 Å². The van der Waals surface area contributed by atoms with Gasteiger partial charge in [0.15, 0.2) is 11.5 Å². The van der Waals surface area contributed by atoms with Gasteiger partial charge in [0.25, 0.3) is 0 Å². The van der Waals surface area contributed by atoms with Crippen molar-refractivity contribution in [2.75, 3.05) is 14.2 Å². The minimum Gasteiger partial charge on any atom is -0.493 e. The Labute approximate surface area is 156 Å². The minimum atomic E-state index is 0.634. The first-order valence-corrected chi connectivity index (χ1v) is 8.46. The van der Waals surface area contributed by atoms with Crippen molar-refractivity contribution in [1.82, 2.24) is 14.8 Å². The third kappa shape index (κ3) is 2.56. The van der Waals surface area contributed by atoms with E-state index in [2.05, 4.69) is 11.1 Å². The van der Waals surface area contributed by atoms with Gasteiger partial charge in [-0.1, -0.05) is 6.07 Å². The molecule has 2 heterocycles. The second-order valence-corrected chi connectivity index (χ2v) is 6.36. The Morgan fingerprint density at radius 3 is 2.48 bits per heavy atom. The molecule has 0 aliphatic rings. The van der Waals surface area contributed by atoms with Crippen LogP contribution in [0.3, 0.4) is 0 Å². The number of pyridine rings is 1. The smallest absolute Gasteiger partial charge is 0.162 e. The number of ether oxygens (including phenoxy) is 2. The highest BCUT2D eigenvalue weighted by Crippen LogP contribution is 2.38. The topological polar surface area (TPSA) is 73.0 Å². The lowest BCUT2D eigenvalue weighted by Gasteiger charge is -2.10. The van der Waals surface area contributed by atoms with Crippen molar-refractivity contribution in [2.45, 2.75) is 6.92 Å². The van der Waals surface area contributed by atoms with Crippen molar-refractivity contribution in [1.29, 1.82) is 5.26 Å². The molecule has 134 valence electrons. The molecule has 0 atom stereocenters. The molecule has 2 aromatic heterocycles. The normalized spacial score (nSPS) is 10.9. The number of nitrogens with zero attached hydrogens (tertiary/aromatic N) is 4. The molecule has 0 saturated carbocycles. The number of methoxy groups -OCH3 is 2. The van der Waals surface area contributed by atoms with Crippen LogP contribution >= 0.6 is 0 Å². The Kier molecular flexibility index (Phi) is 3.93. The molecule has 0 N–H and O–H groups in total. The largest absolute Gasteiger partial charge is 0.493 e. The maximum Gasteiger partial charge on any atom is 0.162 e. The van der Waals surface area contributed by atoms with E-state index in [1.54, 1.807) is 14.2 Å². The summed E-state index contributed by atoms with van der Waals surface area (Å²) in [7, 11) is 5.13. The predicted molar refractivity (Wildman–Crippen MR) is 104 cm³/mol. The lowest BCUT2D eigenvalue weighted by atomic mass is 9.99. The van der Waals surface area contributed by atoms with Gasteiger partial charge in [-0.05, 0) is 30.7 Å². The van der Waals surface area contributed by atoms with Crippen LogP contribution in [0, 0.1) is 18.3 Å². The molecule has 0 aliphatic heterocycles. The first kappa shape index (κ1) is 16.9. The highest BCUT2D eigenvalue weighted by atomic mass is 16.5. The highest BCUT2D eigenvalue weighted by Gasteiger charge is 2.18. The molecule has 6 heteroatoms. The summed E-state index contributed by atoms with van der Waals surface area (Å²) >= 11 is 0. The Morgan fingerprint density at radius 2 is 1.81 bits per heavy atom. The van der Waals surface area contributed by atoms with E-state index in [0.29, 0.717) is 17.1 Å². The molecule has 0 fully saturated rings. The fourth-order valence-electron chi connectivity index (χ4n) is 3.44. The number of hydrogen-bond acceptors (Lipinski definition) is 5. The van der Waals surface area contributed by atoms with Crippen LogP contribution in [0.5, 0.6) is 11.5 Å². The summed E-state index contributed by atoms with van der Waals surface area (Å²) in [6, 6.07) is 11.6. The third-order valence-corrected chi connectivity index (χ3v) is 4.80. The molecule has 0 unspecified atom stereocenters. The van der Waals surface area contributed by atoms with Gasteiger partial charge in [-0.2, -0.15) is 10.4 Å². The monoisotopic (exact) mass is 358 g/mol. The zero-order valence-electron chi connectivity index (χ0n) is 15.6. The molecule has 0 bridgehead atoms. The quantitative estimate of drug-likeness (QED) is 0.554. The fraction of sp³-hybridized carbons (Fsp3) is 0.190. The molecule has 2 aromatic carbocycles. The number of fused-ring (bicyclic) bond motifs is 3. The van der Waals surface area contributed by atoms with Gasteiger partial charge in [0.1, 0.15) is 5.69 Å². The number of hydrogen-bond donors (Lipinski definition) is 0. The van der Waals surface area contributed by atoms with Crippen LogP contribution in [-0.2, 0) is 7.05 Å². The molecule has 0 amide bonds. The van der Waals surface area contributed by atoms with Gasteiger partial charge in [-0.15, -0.1) is 0 Å². The van der Waals surface area contributed by atoms with Crippen molar-refractivity contribution in [2.24, 2.45) is 7.05 Å². The van der Waals surface area contributed by atoms with Crippen LogP contribution in [-0.4, -0.2) is 29.0 Å². The zero-order chi connectivity index (χ0) is 19.1. The lowest BCUT2D eigenvalue weighted by Crippen LogP contribution is -1.93. The summed E-state index contributed by atoms with van der Waals surface area (Å²) in [5.74, 6) is 1.28. The second kappa shape index (κ2) is 6.29. The maximum absolute atomic E-state index is 9.14. The number of rotatable bonds is 3. The van der Waals surface area contributed by atoms with E-state index in [1.807, 2.05) is 55.2 Å². The van der Waals surface area contributed by atoms with Crippen LogP contribution in [0.15, 0.2) is 36.5 Å². The SMILES string of the molecule is COc1cc2ncc3c(c(-c4ccc(C#N)cc4C)nn3C)c2cc1OC. The molecule has 4 rings (SSSR count). The number of nitriles is 1. The summed E-state index contributed by atoms with van der Waals surface area (Å²) in [6.45, 7) is 1.99. The zero-order valence-corrected chi connectivity index (χ0v) is 15.6. The predicted octanol–water partition coefficient (Wildman–Crippen LogP) is 3.99. The Hall–Kier alpha value is -3.59. The number of aryl methyl sites for hydroxylation is 2. The standard InChI is InChI=1S/C21H18N4O2/c1-12-7-13(10-22)5-6-14(12)21-20-15-8-18(26-3)19(27-4)9-16(15)23-11-17(20)25(2)24-21/h5-9,11H,1-4H3. The third-order valence-electron chi connectivity index (χ3n) is 4.80. The molecule has 0 saturated heterocycles. The van der Waals surface area contributed by atoms with Crippen molar-refractivity contribution in [3.8, 4) is 28.8 Å². The summed E-state index contributed by atoms with van der Waals surface area (Å²) in [6.07, 6.45) is 1.82. The maximum atomic E-state index is 9.14. The summed E-state index contributed by atoms with van der Waals surface area (Å²) in [4.78, 5) is 4.57. The van der Waals surface area contributed by atoms with Crippen molar-refractivity contribution in [3.63, 3.8) is 0 Å². The van der Waals surface area contributed by atoms with E-state index in [-0.39, 0.29) is 0 Å². The van der Waals surface area contributed by atoms with E-state index in [0.717, 1.165) is 38.6 Å². The van der Waals surface area contributed by atoms with Gasteiger partial charge in [0.05, 0.1) is 43.1 Å². The van der Waals surface area contributed by atoms with Crippen molar-refractivity contribution >= 4 is 21.8 Å². The Balaban J connectivity index is 2.10. The van der Waals surface area contributed by atoms with Gasteiger partial charge in [0, 0.05) is 29.4 Å². The van der Waals surface area contributed by atoms with Gasteiger partial charge in [0.2, 0.25) is 0 Å². The lowest BCUT2D eigenvalue weighted by molar-refractivity contribution is 0.356. The van der Waals surface area contributed by atoms with Crippen molar-refractivity contribution < 1.29 is 9.47 Å². The average Bonchev–Trinajstić information content (AvgIpc) is 3.03. The Bertz CT molecular complexity index is 1230. The Morgan fingerprint density at radius 1 is 1.07 bits per heavy atom. The van der Waals surface area contributed by atoms with Crippen LogP contribution in [0.1, 0.15) is 11.1 Å². The van der Waals surface area contributed by atoms with E-state index in [9.17, 15) is 0 Å². The first-order chi connectivity index (χ1) is 13.1. The van der Waals surface area contributed by atoms with Gasteiger partial charge >= 0.3 is 0 Å². The molecular formula is C21H18N4O2. The van der Waals surface area contributed by atoms with Crippen LogP contribution in [0.4, 0.5) is 0 Å². The van der Waals surface area contributed by atoms with Crippen LogP contribution in [0.25, 0.3) is 33.1 Å². The second-order valence-electron chi connectivity index (χ2n) is 6.36. The van der Waals surface area contributed by atoms with Crippen LogP contribution in [0.2, 0.25) is 0 Å². The molecule has 6 nitrogen and oxygen atoms in total. The van der Waals surface area contributed by atoms with E-state index >= 15 is 0 Å². The summed E-state index contributed by atoms with van der Waals surface area (Å²) < 4.78 is 12.7. The number of aromatic nitrogens is 3. The molecule has 4 aromatic rings. The molecule has 0 radical (unpaired) electrons. The molecular weight excluding hydrogens is 340 g/mol. The minimum absolute atomic E-state index is 0.634. The van der Waals surface area contributed by atoms with E-state index in [1.165, 1.54) is 0 Å². The van der Waals surface area contributed by atoms with Gasteiger partial charge in [-0.3, -0.25) is 9.67 Å². The first-order valence-electron chi connectivity index (χ1n) is 8.46. The summed E-state index contributed by atoms with van der Waals surface area (Å²) in [5, 5.41) is 15.8. The molecule has 0 aliphatic carbocycles. The molecule has 0 spiro atoms. The average molecular weight is 358 g/mol. The fourth-order valence-corrected chi connectivity index (χ4v) is 3.44. The number of benzene rings is 2. The van der Waals surface area contributed by atoms with Crippen LogP contribution < -0.4 is 9.47 Å². The van der Waals surface area contributed by atoms with Gasteiger partial charge in [-0.25, -0.2) is 0 Å². The molecule has 27 heavy (non-hydrogen) atoms.